The van der Waals surface area contributed by atoms with Gasteiger partial charge in [0.15, 0.2) is 5.13 Å². The zero-order valence-corrected chi connectivity index (χ0v) is 19.3. The summed E-state index contributed by atoms with van der Waals surface area (Å²) in [5, 5.41) is 11.5. The molecule has 0 bridgehead atoms. The quantitative estimate of drug-likeness (QED) is 0.331. The van der Waals surface area contributed by atoms with Gasteiger partial charge in [0.25, 0.3) is 11.6 Å². The number of amides is 1. The van der Waals surface area contributed by atoms with Crippen LogP contribution in [0.25, 0.3) is 10.2 Å². The highest BCUT2D eigenvalue weighted by molar-refractivity contribution is 7.22. The third-order valence-corrected chi connectivity index (χ3v) is 6.33. The van der Waals surface area contributed by atoms with Crippen molar-refractivity contribution in [1.29, 1.82) is 0 Å². The smallest absolute Gasteiger partial charge is 0.269 e. The van der Waals surface area contributed by atoms with Gasteiger partial charge in [-0.2, -0.15) is 0 Å². The number of benzene rings is 2. The number of nitrogens with zero attached hydrogens (tertiary/aromatic N) is 4. The molecular formula is C22H26N4O5S. The second-order valence-electron chi connectivity index (χ2n) is 6.93. The molecule has 0 fully saturated rings. The lowest BCUT2D eigenvalue weighted by atomic mass is 10.2. The maximum Gasteiger partial charge on any atom is 0.269 e. The maximum absolute atomic E-state index is 13.4. The van der Waals surface area contributed by atoms with Crippen LogP contribution in [0.15, 0.2) is 36.4 Å². The van der Waals surface area contributed by atoms with Crippen molar-refractivity contribution in [3.63, 3.8) is 0 Å². The number of hydrogen-bond acceptors (Lipinski definition) is 8. The van der Waals surface area contributed by atoms with Crippen LogP contribution < -0.4 is 14.4 Å². The second-order valence-corrected chi connectivity index (χ2v) is 7.91. The molecule has 0 saturated heterocycles. The molecule has 1 aromatic heterocycles. The number of fused-ring (bicyclic) bond motifs is 1. The number of hydrogen-bond donors (Lipinski definition) is 0. The Balaban J connectivity index is 2.04. The van der Waals surface area contributed by atoms with Crippen LogP contribution in [0.3, 0.4) is 0 Å². The lowest BCUT2D eigenvalue weighted by Crippen LogP contribution is -2.38. The van der Waals surface area contributed by atoms with Crippen molar-refractivity contribution in [2.24, 2.45) is 0 Å². The molecule has 0 aliphatic carbocycles. The minimum absolute atomic E-state index is 0.0642. The van der Waals surface area contributed by atoms with E-state index in [1.165, 1.54) is 35.6 Å². The van der Waals surface area contributed by atoms with E-state index in [4.69, 9.17) is 14.5 Å². The molecule has 2 aromatic carbocycles. The Hall–Kier alpha value is -3.24. The zero-order chi connectivity index (χ0) is 23.3. The van der Waals surface area contributed by atoms with Crippen LogP contribution in [0.5, 0.6) is 11.5 Å². The van der Waals surface area contributed by atoms with Crippen LogP contribution in [0.4, 0.5) is 10.8 Å². The van der Waals surface area contributed by atoms with Gasteiger partial charge in [-0.1, -0.05) is 25.2 Å². The fourth-order valence-electron chi connectivity index (χ4n) is 3.34. The monoisotopic (exact) mass is 458 g/mol. The minimum atomic E-state index is -0.488. The molecule has 0 radical (unpaired) electrons. The van der Waals surface area contributed by atoms with E-state index in [1.807, 2.05) is 6.07 Å². The normalized spacial score (nSPS) is 11.0. The van der Waals surface area contributed by atoms with E-state index < -0.39 is 4.92 Å². The van der Waals surface area contributed by atoms with E-state index in [9.17, 15) is 14.9 Å². The Morgan fingerprint density at radius 3 is 2.22 bits per heavy atom. The number of rotatable bonds is 10. The molecule has 3 rings (SSSR count). The fourth-order valence-corrected chi connectivity index (χ4v) is 4.44. The van der Waals surface area contributed by atoms with E-state index >= 15 is 0 Å². The third kappa shape index (κ3) is 4.81. The Bertz CT molecular complexity index is 1050. The molecule has 10 heteroatoms. The molecule has 0 aliphatic heterocycles. The number of nitro benzene ring substituents is 1. The molecule has 0 aliphatic rings. The first-order valence-electron chi connectivity index (χ1n) is 10.2. The van der Waals surface area contributed by atoms with E-state index in [-0.39, 0.29) is 11.6 Å². The molecule has 9 nitrogen and oxygen atoms in total. The average Bonchev–Trinajstić information content (AvgIpc) is 3.26. The molecule has 0 N–H and O–H groups in total. The molecule has 32 heavy (non-hydrogen) atoms. The Morgan fingerprint density at radius 2 is 1.66 bits per heavy atom. The first-order valence-corrected chi connectivity index (χ1v) is 11.0. The molecular weight excluding hydrogens is 432 g/mol. The first kappa shape index (κ1) is 23.4. The van der Waals surface area contributed by atoms with Gasteiger partial charge in [0.05, 0.1) is 19.1 Å². The number of carbonyl (C=O) groups excluding carboxylic acids is 1. The van der Waals surface area contributed by atoms with Gasteiger partial charge in [0, 0.05) is 30.8 Å². The van der Waals surface area contributed by atoms with Gasteiger partial charge in [-0.3, -0.25) is 19.8 Å². The molecule has 0 atom stereocenters. The van der Waals surface area contributed by atoms with Gasteiger partial charge in [-0.15, -0.1) is 0 Å². The summed E-state index contributed by atoms with van der Waals surface area (Å²) in [6.07, 6.45) is 0. The Labute approximate surface area is 190 Å². The lowest BCUT2D eigenvalue weighted by molar-refractivity contribution is -0.384. The predicted molar refractivity (Wildman–Crippen MR) is 125 cm³/mol. The van der Waals surface area contributed by atoms with Crippen LogP contribution in [-0.2, 0) is 0 Å². The van der Waals surface area contributed by atoms with Crippen molar-refractivity contribution < 1.29 is 19.2 Å². The SMILES string of the molecule is CCN(CC)CCN(C(=O)c1ccc([N+](=O)[O-])cc1)c1nc2c(OC)ccc(OC)c2s1. The van der Waals surface area contributed by atoms with Crippen LogP contribution in [0.2, 0.25) is 0 Å². The molecule has 170 valence electrons. The maximum atomic E-state index is 13.4. The van der Waals surface area contributed by atoms with E-state index in [1.54, 1.807) is 25.2 Å². The summed E-state index contributed by atoms with van der Waals surface area (Å²) in [5.74, 6) is 0.967. The van der Waals surface area contributed by atoms with Crippen molar-refractivity contribution in [3.05, 3.63) is 52.1 Å². The molecule has 0 spiro atoms. The van der Waals surface area contributed by atoms with Gasteiger partial charge < -0.3 is 14.4 Å². The summed E-state index contributed by atoms with van der Waals surface area (Å²) >= 11 is 1.35. The second kappa shape index (κ2) is 10.4. The lowest BCUT2D eigenvalue weighted by Gasteiger charge is -2.24. The van der Waals surface area contributed by atoms with Crippen molar-refractivity contribution in [2.75, 3.05) is 45.3 Å². The Morgan fingerprint density at radius 1 is 1.03 bits per heavy atom. The summed E-state index contributed by atoms with van der Waals surface area (Å²) < 4.78 is 11.7. The molecule has 0 saturated carbocycles. The molecule has 0 unspecified atom stereocenters. The standard InChI is InChI=1S/C22H26N4O5S/c1-5-24(6-2)13-14-25(21(27)15-7-9-16(10-8-15)26(28)29)22-23-19-17(30-3)11-12-18(31-4)20(19)32-22/h7-12H,5-6,13-14H2,1-4H3. The van der Waals surface area contributed by atoms with Gasteiger partial charge >= 0.3 is 0 Å². The zero-order valence-electron chi connectivity index (χ0n) is 18.5. The van der Waals surface area contributed by atoms with Crippen molar-refractivity contribution in [1.82, 2.24) is 9.88 Å². The van der Waals surface area contributed by atoms with Gasteiger partial charge in [-0.05, 0) is 37.4 Å². The number of thiazole rings is 1. The number of nitro groups is 1. The van der Waals surface area contributed by atoms with Crippen LogP contribution in [0.1, 0.15) is 24.2 Å². The number of ether oxygens (including phenoxy) is 2. The van der Waals surface area contributed by atoms with Crippen LogP contribution in [0, 0.1) is 10.1 Å². The average molecular weight is 459 g/mol. The first-order chi connectivity index (χ1) is 15.4. The number of methoxy groups -OCH3 is 2. The van der Waals surface area contributed by atoms with Crippen LogP contribution in [-0.4, -0.2) is 61.1 Å². The summed E-state index contributed by atoms with van der Waals surface area (Å²) in [4.78, 5) is 32.5. The molecule has 1 amide bonds. The predicted octanol–water partition coefficient (Wildman–Crippen LogP) is 4.21. The van der Waals surface area contributed by atoms with Crippen molar-refractivity contribution in [3.8, 4) is 11.5 Å². The Kier molecular flexibility index (Phi) is 7.60. The number of aromatic nitrogens is 1. The van der Waals surface area contributed by atoms with Gasteiger partial charge in [0.1, 0.15) is 21.7 Å². The summed E-state index contributed by atoms with van der Waals surface area (Å²) in [5.41, 5.74) is 0.912. The number of anilines is 1. The summed E-state index contributed by atoms with van der Waals surface area (Å²) in [6.45, 7) is 6.94. The highest BCUT2D eigenvalue weighted by atomic mass is 32.1. The summed E-state index contributed by atoms with van der Waals surface area (Å²) in [6, 6.07) is 9.20. The largest absolute Gasteiger partial charge is 0.495 e. The minimum Gasteiger partial charge on any atom is -0.495 e. The van der Waals surface area contributed by atoms with Gasteiger partial charge in [0.2, 0.25) is 0 Å². The van der Waals surface area contributed by atoms with Crippen molar-refractivity contribution >= 4 is 38.3 Å². The topological polar surface area (TPSA) is 98.0 Å². The van der Waals surface area contributed by atoms with E-state index in [0.29, 0.717) is 40.8 Å². The molecule has 3 aromatic rings. The molecule has 1 heterocycles. The fraction of sp³-hybridized carbons (Fsp3) is 0.364. The van der Waals surface area contributed by atoms with E-state index in [0.717, 1.165) is 17.8 Å². The number of likely N-dealkylation sites (N-methyl/N-ethyl adjacent to an activating group) is 1. The van der Waals surface area contributed by atoms with Gasteiger partial charge in [-0.25, -0.2) is 4.98 Å². The highest BCUT2D eigenvalue weighted by Crippen LogP contribution is 2.40. The summed E-state index contributed by atoms with van der Waals surface area (Å²) in [7, 11) is 3.15. The van der Waals surface area contributed by atoms with Crippen molar-refractivity contribution in [2.45, 2.75) is 13.8 Å². The van der Waals surface area contributed by atoms with Crippen LogP contribution >= 0.6 is 11.3 Å². The van der Waals surface area contributed by atoms with E-state index in [2.05, 4.69) is 18.7 Å². The highest BCUT2D eigenvalue weighted by Gasteiger charge is 2.24. The number of carbonyl (C=O) groups is 1. The number of non-ortho nitro benzene ring substituents is 1. The third-order valence-electron chi connectivity index (χ3n) is 5.23.